The Kier molecular flexibility index (Phi) is 6.50. The number of hydrogen-bond acceptors (Lipinski definition) is 6. The van der Waals surface area contributed by atoms with Crippen molar-refractivity contribution >= 4 is 29.3 Å². The number of nitrogens with one attached hydrogen (secondary N) is 2. The summed E-state index contributed by atoms with van der Waals surface area (Å²) in [7, 11) is 0. The third kappa shape index (κ3) is 4.36. The second-order valence-corrected chi connectivity index (χ2v) is 8.69. The van der Waals surface area contributed by atoms with Crippen molar-refractivity contribution in [2.45, 2.75) is 38.9 Å². The number of allylic oxidation sites excluding steroid dienone is 1. The van der Waals surface area contributed by atoms with E-state index in [2.05, 4.69) is 22.5 Å². The van der Waals surface area contributed by atoms with Gasteiger partial charge in [0.1, 0.15) is 11.8 Å². The van der Waals surface area contributed by atoms with Gasteiger partial charge in [0, 0.05) is 16.9 Å². The summed E-state index contributed by atoms with van der Waals surface area (Å²) in [5, 5.41) is 11.7. The second-order valence-electron chi connectivity index (χ2n) is 7.46. The van der Waals surface area contributed by atoms with E-state index in [-0.39, 0.29) is 5.91 Å². The maximum Gasteiger partial charge on any atom is 0.255 e. The summed E-state index contributed by atoms with van der Waals surface area (Å²) >= 11 is 1.56. The fourth-order valence-corrected chi connectivity index (χ4v) is 4.37. The zero-order valence-electron chi connectivity index (χ0n) is 18.7. The molecule has 1 amide bonds. The molecule has 1 aliphatic rings. The van der Waals surface area contributed by atoms with Gasteiger partial charge in [0.15, 0.2) is 0 Å². The molecule has 1 aromatic heterocycles. The van der Waals surface area contributed by atoms with Gasteiger partial charge in [0.25, 0.3) is 5.91 Å². The Morgan fingerprint density at radius 1 is 1.19 bits per heavy atom. The number of anilines is 2. The first-order valence-electron chi connectivity index (χ1n) is 10.7. The number of benzene rings is 2. The highest BCUT2D eigenvalue weighted by atomic mass is 32.2. The van der Waals surface area contributed by atoms with Gasteiger partial charge in [-0.25, -0.2) is 4.68 Å². The Bertz CT molecular complexity index is 1170. The van der Waals surface area contributed by atoms with Crippen molar-refractivity contribution < 1.29 is 9.53 Å². The van der Waals surface area contributed by atoms with Crippen LogP contribution in [0.2, 0.25) is 0 Å². The lowest BCUT2D eigenvalue weighted by atomic mass is 9.94. The van der Waals surface area contributed by atoms with E-state index in [1.165, 1.54) is 0 Å². The first-order chi connectivity index (χ1) is 15.5. The lowest BCUT2D eigenvalue weighted by Gasteiger charge is -2.29. The SMILES string of the molecule is CCOc1ccccc1C1C(C(=O)Nc2cccc(C)c2)=C(C)Nc2nc(SCC)nn21. The third-order valence-electron chi connectivity index (χ3n) is 5.14. The van der Waals surface area contributed by atoms with Crippen LogP contribution in [0, 0.1) is 6.92 Å². The molecule has 8 heteroatoms. The van der Waals surface area contributed by atoms with Crippen molar-refractivity contribution in [3.63, 3.8) is 0 Å². The molecule has 7 nitrogen and oxygen atoms in total. The largest absolute Gasteiger partial charge is 0.494 e. The van der Waals surface area contributed by atoms with E-state index in [4.69, 9.17) is 9.84 Å². The number of ether oxygens (including phenoxy) is 1. The number of carbonyl (C=O) groups excluding carboxylic acids is 1. The quantitative estimate of drug-likeness (QED) is 0.493. The number of hydrogen-bond donors (Lipinski definition) is 2. The predicted octanol–water partition coefficient (Wildman–Crippen LogP) is 5.02. The summed E-state index contributed by atoms with van der Waals surface area (Å²) in [6.07, 6.45) is 0. The summed E-state index contributed by atoms with van der Waals surface area (Å²) < 4.78 is 7.70. The van der Waals surface area contributed by atoms with E-state index in [0.29, 0.717) is 23.3 Å². The number of aromatic nitrogens is 3. The van der Waals surface area contributed by atoms with Gasteiger partial charge in [-0.3, -0.25) is 4.79 Å². The summed E-state index contributed by atoms with van der Waals surface area (Å²) in [4.78, 5) is 18.2. The normalized spacial score (nSPS) is 15.2. The van der Waals surface area contributed by atoms with Crippen LogP contribution in [0.15, 0.2) is 65.0 Å². The molecule has 0 radical (unpaired) electrons. The van der Waals surface area contributed by atoms with Crippen molar-refractivity contribution in [3.8, 4) is 5.75 Å². The summed E-state index contributed by atoms with van der Waals surface area (Å²) in [6, 6.07) is 15.1. The maximum atomic E-state index is 13.6. The number of rotatable bonds is 7. The molecule has 1 unspecified atom stereocenters. The smallest absolute Gasteiger partial charge is 0.255 e. The number of thioether (sulfide) groups is 1. The summed E-state index contributed by atoms with van der Waals surface area (Å²) in [6.45, 7) is 8.42. The van der Waals surface area contributed by atoms with Gasteiger partial charge in [0.05, 0.1) is 12.2 Å². The van der Waals surface area contributed by atoms with Gasteiger partial charge in [0.2, 0.25) is 11.1 Å². The molecule has 0 saturated heterocycles. The molecule has 0 fully saturated rings. The lowest BCUT2D eigenvalue weighted by Crippen LogP contribution is -2.31. The average Bonchev–Trinajstić information content (AvgIpc) is 3.15. The first-order valence-corrected chi connectivity index (χ1v) is 11.7. The number of aryl methyl sites for hydroxylation is 1. The van der Waals surface area contributed by atoms with Crippen molar-refractivity contribution in [1.82, 2.24) is 14.8 Å². The van der Waals surface area contributed by atoms with Crippen LogP contribution in [0.3, 0.4) is 0 Å². The van der Waals surface area contributed by atoms with Crippen LogP contribution < -0.4 is 15.4 Å². The van der Waals surface area contributed by atoms with Crippen molar-refractivity contribution in [3.05, 3.63) is 70.9 Å². The Morgan fingerprint density at radius 2 is 2.00 bits per heavy atom. The monoisotopic (exact) mass is 449 g/mol. The Labute approximate surface area is 192 Å². The zero-order valence-corrected chi connectivity index (χ0v) is 19.5. The van der Waals surface area contributed by atoms with Crippen LogP contribution in [0.1, 0.15) is 37.9 Å². The molecule has 1 aliphatic heterocycles. The number of fused-ring (bicyclic) bond motifs is 1. The van der Waals surface area contributed by atoms with Gasteiger partial charge in [-0.2, -0.15) is 4.98 Å². The van der Waals surface area contributed by atoms with E-state index in [1.54, 1.807) is 16.4 Å². The Hall–Kier alpha value is -3.26. The van der Waals surface area contributed by atoms with Crippen LogP contribution in [0.25, 0.3) is 0 Å². The molecule has 3 aromatic rings. The fourth-order valence-electron chi connectivity index (χ4n) is 3.82. The fraction of sp³-hybridized carbons (Fsp3) is 0.292. The number of nitrogens with zero attached hydrogens (tertiary/aromatic N) is 3. The van der Waals surface area contributed by atoms with E-state index < -0.39 is 6.04 Å². The molecular formula is C24H27N5O2S. The molecule has 0 spiro atoms. The molecule has 2 N–H and O–H groups in total. The highest BCUT2D eigenvalue weighted by Crippen LogP contribution is 2.40. The second kappa shape index (κ2) is 9.48. The van der Waals surface area contributed by atoms with Crippen molar-refractivity contribution in [2.24, 2.45) is 0 Å². The average molecular weight is 450 g/mol. The standard InChI is InChI=1S/C24H27N5O2S/c1-5-31-19-13-8-7-12-18(19)21-20(22(30)26-17-11-9-10-15(3)14-17)16(4)25-23-27-24(32-6-2)28-29(21)23/h7-14,21H,5-6H2,1-4H3,(H,26,30)(H,25,27,28). The molecule has 166 valence electrons. The molecule has 32 heavy (non-hydrogen) atoms. The predicted molar refractivity (Wildman–Crippen MR) is 128 cm³/mol. The molecule has 2 aromatic carbocycles. The highest BCUT2D eigenvalue weighted by molar-refractivity contribution is 7.99. The highest BCUT2D eigenvalue weighted by Gasteiger charge is 2.36. The van der Waals surface area contributed by atoms with Crippen LogP contribution in [0.4, 0.5) is 11.6 Å². The van der Waals surface area contributed by atoms with Crippen molar-refractivity contribution in [1.29, 1.82) is 0 Å². The van der Waals surface area contributed by atoms with E-state index in [9.17, 15) is 4.79 Å². The van der Waals surface area contributed by atoms with E-state index >= 15 is 0 Å². The third-order valence-corrected chi connectivity index (χ3v) is 5.86. The molecular weight excluding hydrogens is 422 g/mol. The lowest BCUT2D eigenvalue weighted by molar-refractivity contribution is -0.113. The number of amides is 1. The van der Waals surface area contributed by atoms with Gasteiger partial charge < -0.3 is 15.4 Å². The number of carbonyl (C=O) groups is 1. The molecule has 0 bridgehead atoms. The Morgan fingerprint density at radius 3 is 2.75 bits per heavy atom. The zero-order chi connectivity index (χ0) is 22.7. The van der Waals surface area contributed by atoms with Crippen LogP contribution in [-0.2, 0) is 4.79 Å². The molecule has 4 rings (SSSR count). The molecule has 1 atom stereocenters. The minimum absolute atomic E-state index is 0.192. The Balaban J connectivity index is 1.82. The van der Waals surface area contributed by atoms with E-state index in [0.717, 1.165) is 34.0 Å². The van der Waals surface area contributed by atoms with Crippen LogP contribution >= 0.6 is 11.8 Å². The van der Waals surface area contributed by atoms with Gasteiger partial charge >= 0.3 is 0 Å². The van der Waals surface area contributed by atoms with Crippen LogP contribution in [-0.4, -0.2) is 33.0 Å². The minimum Gasteiger partial charge on any atom is -0.494 e. The minimum atomic E-state index is -0.475. The molecule has 2 heterocycles. The van der Waals surface area contributed by atoms with Gasteiger partial charge in [-0.15, -0.1) is 5.10 Å². The van der Waals surface area contributed by atoms with E-state index in [1.807, 2.05) is 69.3 Å². The van der Waals surface area contributed by atoms with Crippen molar-refractivity contribution in [2.75, 3.05) is 23.0 Å². The number of para-hydroxylation sites is 1. The first kappa shape index (κ1) is 22.0. The topological polar surface area (TPSA) is 81.1 Å². The van der Waals surface area contributed by atoms with Crippen LogP contribution in [0.5, 0.6) is 5.75 Å². The maximum absolute atomic E-state index is 13.6. The summed E-state index contributed by atoms with van der Waals surface area (Å²) in [5.74, 6) is 2.00. The van der Waals surface area contributed by atoms with Gasteiger partial charge in [-0.05, 0) is 50.3 Å². The summed E-state index contributed by atoms with van der Waals surface area (Å²) in [5.41, 5.74) is 4.00. The molecule has 0 aliphatic carbocycles. The molecule has 0 saturated carbocycles. The van der Waals surface area contributed by atoms with Gasteiger partial charge in [-0.1, -0.05) is 49.0 Å².